The minimum Gasteiger partial charge on any atom is -0.465 e. The van der Waals surface area contributed by atoms with E-state index in [2.05, 4.69) is 36.5 Å². The number of thiophene rings is 1. The number of nitrogens with one attached hydrogen (secondary N) is 1. The molecule has 156 valence electrons. The van der Waals surface area contributed by atoms with Crippen LogP contribution in [0.2, 0.25) is 0 Å². The normalized spacial score (nSPS) is 17.2. The SMILES string of the molecule is COC(=O)c1scc(C)c1NC(=O)C(C)[P+]1(Cc2ccccc2)CCCCCC1. The first-order valence-electron chi connectivity index (χ1n) is 10.3. The number of hydrogen-bond acceptors (Lipinski definition) is 4. The molecule has 0 spiro atoms. The molecular weight excluding hydrogens is 401 g/mol. The number of amides is 1. The number of carbonyl (C=O) groups excluding carboxylic acids is 2. The number of rotatable bonds is 6. The third kappa shape index (κ3) is 5.07. The van der Waals surface area contributed by atoms with Gasteiger partial charge in [0.25, 0.3) is 5.91 Å². The van der Waals surface area contributed by atoms with Gasteiger partial charge in [-0.3, -0.25) is 4.79 Å². The first-order valence-corrected chi connectivity index (χ1v) is 13.6. The van der Waals surface area contributed by atoms with Gasteiger partial charge in [0.15, 0.2) is 0 Å². The molecule has 4 nitrogen and oxygen atoms in total. The number of benzene rings is 1. The second kappa shape index (κ2) is 9.86. The zero-order chi connectivity index (χ0) is 20.9. The van der Waals surface area contributed by atoms with Crippen molar-refractivity contribution in [1.29, 1.82) is 0 Å². The van der Waals surface area contributed by atoms with Crippen molar-refractivity contribution >= 4 is 36.2 Å². The number of hydrogen-bond donors (Lipinski definition) is 1. The van der Waals surface area contributed by atoms with E-state index in [0.29, 0.717) is 10.6 Å². The largest absolute Gasteiger partial charge is 0.465 e. The summed E-state index contributed by atoms with van der Waals surface area (Å²) < 4.78 is 4.89. The lowest BCUT2D eigenvalue weighted by Crippen LogP contribution is -2.31. The molecule has 1 aliphatic rings. The lowest BCUT2D eigenvalue weighted by atomic mass is 10.2. The fraction of sp³-hybridized carbons (Fsp3) is 0.478. The zero-order valence-electron chi connectivity index (χ0n) is 17.6. The average molecular weight is 433 g/mol. The maximum absolute atomic E-state index is 13.4. The topological polar surface area (TPSA) is 55.4 Å². The van der Waals surface area contributed by atoms with E-state index in [9.17, 15) is 9.59 Å². The fourth-order valence-electron chi connectivity index (χ4n) is 4.27. The molecular formula is C23H31NO3PS+. The Morgan fingerprint density at radius 3 is 2.41 bits per heavy atom. The van der Waals surface area contributed by atoms with E-state index in [-0.39, 0.29) is 11.6 Å². The number of ether oxygens (including phenoxy) is 1. The van der Waals surface area contributed by atoms with Crippen molar-refractivity contribution in [2.75, 3.05) is 24.8 Å². The van der Waals surface area contributed by atoms with Crippen LogP contribution in [0.5, 0.6) is 0 Å². The molecule has 1 atom stereocenters. The van der Waals surface area contributed by atoms with E-state index >= 15 is 0 Å². The van der Waals surface area contributed by atoms with E-state index in [1.54, 1.807) is 0 Å². The third-order valence-electron chi connectivity index (χ3n) is 6.09. The maximum atomic E-state index is 13.4. The van der Waals surface area contributed by atoms with Gasteiger partial charge in [-0.15, -0.1) is 11.3 Å². The summed E-state index contributed by atoms with van der Waals surface area (Å²) in [5.74, 6) is -0.350. The molecule has 2 aromatic rings. The van der Waals surface area contributed by atoms with Gasteiger partial charge in [-0.1, -0.05) is 30.3 Å². The fourth-order valence-corrected chi connectivity index (χ4v) is 9.98. The summed E-state index contributed by atoms with van der Waals surface area (Å²) in [4.78, 5) is 26.0. The van der Waals surface area contributed by atoms with Crippen LogP contribution >= 0.6 is 18.6 Å². The predicted molar refractivity (Wildman–Crippen MR) is 124 cm³/mol. The van der Waals surface area contributed by atoms with Gasteiger partial charge in [0.05, 0.1) is 31.3 Å². The number of aryl methyl sites for hydroxylation is 1. The van der Waals surface area contributed by atoms with Crippen molar-refractivity contribution in [3.05, 3.63) is 51.7 Å². The van der Waals surface area contributed by atoms with E-state index in [0.717, 1.165) is 11.7 Å². The lowest BCUT2D eigenvalue weighted by Gasteiger charge is -2.31. The van der Waals surface area contributed by atoms with Gasteiger partial charge in [-0.05, 0) is 56.0 Å². The van der Waals surface area contributed by atoms with Gasteiger partial charge in [0.1, 0.15) is 10.5 Å². The van der Waals surface area contributed by atoms with E-state index in [1.807, 2.05) is 18.4 Å². The summed E-state index contributed by atoms with van der Waals surface area (Å²) in [5.41, 5.74) is 2.83. The molecule has 1 aromatic carbocycles. The van der Waals surface area contributed by atoms with Crippen molar-refractivity contribution in [2.24, 2.45) is 0 Å². The van der Waals surface area contributed by atoms with Crippen molar-refractivity contribution < 1.29 is 14.3 Å². The minimum atomic E-state index is -1.51. The maximum Gasteiger partial charge on any atom is 0.350 e. The van der Waals surface area contributed by atoms with Crippen LogP contribution in [0.3, 0.4) is 0 Å². The van der Waals surface area contributed by atoms with Gasteiger partial charge >= 0.3 is 5.97 Å². The molecule has 1 N–H and O–H groups in total. The molecule has 1 amide bonds. The molecule has 0 bridgehead atoms. The Kier molecular flexibility index (Phi) is 7.48. The first kappa shape index (κ1) is 22.0. The molecule has 1 fully saturated rings. The highest BCUT2D eigenvalue weighted by atomic mass is 32.1. The van der Waals surface area contributed by atoms with Crippen LogP contribution < -0.4 is 5.32 Å². The van der Waals surface area contributed by atoms with Crippen LogP contribution in [0.1, 0.15) is 53.4 Å². The average Bonchev–Trinajstić information content (AvgIpc) is 2.94. The summed E-state index contributed by atoms with van der Waals surface area (Å²) >= 11 is 1.32. The molecule has 1 unspecified atom stereocenters. The zero-order valence-corrected chi connectivity index (χ0v) is 19.3. The molecule has 1 saturated heterocycles. The van der Waals surface area contributed by atoms with Gasteiger partial charge in [0.2, 0.25) is 0 Å². The van der Waals surface area contributed by atoms with Crippen molar-refractivity contribution in [3.63, 3.8) is 0 Å². The van der Waals surface area contributed by atoms with E-state index in [4.69, 9.17) is 4.74 Å². The molecule has 0 saturated carbocycles. The van der Waals surface area contributed by atoms with Crippen LogP contribution in [0.25, 0.3) is 0 Å². The summed E-state index contributed by atoms with van der Waals surface area (Å²) in [6.07, 6.45) is 8.31. The Morgan fingerprint density at radius 1 is 1.14 bits per heavy atom. The summed E-state index contributed by atoms with van der Waals surface area (Å²) in [7, 11) is -0.134. The molecule has 2 heterocycles. The Labute approximate surface area is 178 Å². The molecule has 1 aliphatic heterocycles. The van der Waals surface area contributed by atoms with Crippen molar-refractivity contribution in [1.82, 2.24) is 0 Å². The number of methoxy groups -OCH3 is 1. The van der Waals surface area contributed by atoms with Crippen LogP contribution in [-0.4, -0.2) is 37.0 Å². The van der Waals surface area contributed by atoms with Gasteiger partial charge in [0, 0.05) is 7.26 Å². The molecule has 0 radical (unpaired) electrons. The summed E-state index contributed by atoms with van der Waals surface area (Å²) in [6, 6.07) is 10.6. The molecule has 0 aliphatic carbocycles. The van der Waals surface area contributed by atoms with Gasteiger partial charge in [-0.2, -0.15) is 0 Å². The van der Waals surface area contributed by atoms with Crippen LogP contribution in [0, 0.1) is 6.92 Å². The van der Waals surface area contributed by atoms with E-state index < -0.39 is 13.2 Å². The smallest absolute Gasteiger partial charge is 0.350 e. The Morgan fingerprint density at radius 2 is 1.79 bits per heavy atom. The Hall–Kier alpha value is -1.71. The van der Waals surface area contributed by atoms with Crippen LogP contribution in [0.15, 0.2) is 35.7 Å². The van der Waals surface area contributed by atoms with E-state index in [1.165, 1.54) is 62.0 Å². The highest BCUT2D eigenvalue weighted by Crippen LogP contribution is 2.67. The highest BCUT2D eigenvalue weighted by molar-refractivity contribution is 7.76. The van der Waals surface area contributed by atoms with Crippen molar-refractivity contribution in [3.8, 4) is 0 Å². The molecule has 6 heteroatoms. The monoisotopic (exact) mass is 432 g/mol. The molecule has 3 rings (SSSR count). The number of carbonyl (C=O) groups is 2. The number of anilines is 1. The summed E-state index contributed by atoms with van der Waals surface area (Å²) in [5, 5.41) is 5.00. The Balaban J connectivity index is 1.86. The second-order valence-corrected chi connectivity index (χ2v) is 13.3. The summed E-state index contributed by atoms with van der Waals surface area (Å²) in [6.45, 7) is 4.03. The predicted octanol–water partition coefficient (Wildman–Crippen LogP) is 5.96. The first-order chi connectivity index (χ1) is 14.0. The minimum absolute atomic E-state index is 0.0365. The number of esters is 1. The van der Waals surface area contributed by atoms with Crippen molar-refractivity contribution in [2.45, 2.75) is 51.4 Å². The standard InChI is InChI=1S/C23H30NO3PS/c1-17-16-29-21(23(26)27-3)20(17)24-22(25)18(2)28(13-9-4-5-10-14-28)15-19-11-7-6-8-12-19/h6-8,11-12,16,18H,4-5,9-10,13-15H2,1-3H3/p+1. The van der Waals surface area contributed by atoms with Gasteiger partial charge in [-0.25, -0.2) is 4.79 Å². The van der Waals surface area contributed by atoms with Crippen LogP contribution in [0.4, 0.5) is 5.69 Å². The Bertz CT molecular complexity index is 841. The second-order valence-electron chi connectivity index (χ2n) is 8.00. The quantitative estimate of drug-likeness (QED) is 0.452. The highest BCUT2D eigenvalue weighted by Gasteiger charge is 2.47. The lowest BCUT2D eigenvalue weighted by molar-refractivity contribution is -0.115. The molecule has 1 aromatic heterocycles. The molecule has 29 heavy (non-hydrogen) atoms. The third-order valence-corrected chi connectivity index (χ3v) is 12.5. The van der Waals surface area contributed by atoms with Crippen LogP contribution in [-0.2, 0) is 15.7 Å². The van der Waals surface area contributed by atoms with Gasteiger partial charge < -0.3 is 10.1 Å².